The van der Waals surface area contributed by atoms with Crippen molar-refractivity contribution in [3.05, 3.63) is 70.1 Å². The molecule has 0 unspecified atom stereocenters. The Morgan fingerprint density at radius 3 is 2.61 bits per heavy atom. The molecule has 0 aliphatic carbocycles. The molecule has 0 fully saturated rings. The van der Waals surface area contributed by atoms with Crippen LogP contribution in [0.15, 0.2) is 48.9 Å². The molecule has 0 saturated carbocycles. The molecule has 0 amide bonds. The third-order valence-corrected chi connectivity index (χ3v) is 12.6. The lowest BCUT2D eigenvalue weighted by atomic mass is 10.1. The van der Waals surface area contributed by atoms with Crippen LogP contribution in [0.3, 0.4) is 0 Å². The predicted molar refractivity (Wildman–Crippen MR) is 146 cm³/mol. The first-order valence-corrected chi connectivity index (χ1v) is 15.7. The number of hydrogen-bond donors (Lipinski definition) is 1. The predicted octanol–water partition coefficient (Wildman–Crippen LogP) is 7.47. The van der Waals surface area contributed by atoms with Crippen LogP contribution in [0.1, 0.15) is 54.7 Å². The van der Waals surface area contributed by atoms with Crippen LogP contribution in [-0.4, -0.2) is 33.8 Å². The quantitative estimate of drug-likeness (QED) is 0.232. The largest absolute Gasteiger partial charge is 0.484 e. The topological polar surface area (TPSA) is 86.0 Å². The zero-order valence-corrected chi connectivity index (χ0v) is 23.8. The van der Waals surface area contributed by atoms with Crippen LogP contribution < -0.4 is 4.74 Å². The highest BCUT2D eigenvalue weighted by Crippen LogP contribution is 2.40. The van der Waals surface area contributed by atoms with Crippen molar-refractivity contribution in [3.8, 4) is 16.3 Å². The van der Waals surface area contributed by atoms with Gasteiger partial charge in [0.25, 0.3) is 0 Å². The van der Waals surface area contributed by atoms with E-state index < -0.39 is 20.4 Å². The summed E-state index contributed by atoms with van der Waals surface area (Å²) >= 11 is 7.46. The van der Waals surface area contributed by atoms with Gasteiger partial charge in [-0.05, 0) is 31.1 Å². The van der Waals surface area contributed by atoms with Gasteiger partial charge in [0.05, 0.1) is 35.3 Å². The number of carboxylic acid groups (broad SMARTS) is 1. The van der Waals surface area contributed by atoms with E-state index in [1.807, 2.05) is 35.7 Å². The first-order chi connectivity index (χ1) is 16.9. The first kappa shape index (κ1) is 26.3. The van der Waals surface area contributed by atoms with Gasteiger partial charge in [0.15, 0.2) is 18.8 Å². The van der Waals surface area contributed by atoms with Gasteiger partial charge < -0.3 is 14.3 Å². The smallest absolute Gasteiger partial charge is 0.349 e. The van der Waals surface area contributed by atoms with E-state index >= 15 is 0 Å². The Bertz CT molecular complexity index is 1410. The second-order valence-electron chi connectivity index (χ2n) is 10.2. The highest BCUT2D eigenvalue weighted by Gasteiger charge is 2.37. The highest BCUT2D eigenvalue weighted by molar-refractivity contribution is 7.17. The van der Waals surface area contributed by atoms with Crippen molar-refractivity contribution in [2.24, 2.45) is 0 Å². The minimum Gasteiger partial charge on any atom is -0.484 e. The van der Waals surface area contributed by atoms with Gasteiger partial charge in [0.1, 0.15) is 11.9 Å². The summed E-state index contributed by atoms with van der Waals surface area (Å²) in [5, 5.41) is 10.5. The van der Waals surface area contributed by atoms with Crippen LogP contribution in [0.2, 0.25) is 23.2 Å². The standard InChI is InChI=1S/C26H30ClN3O4SSi/c1-16(18-9-7-8-10-19(18)27)34-21-11-22(35-24(21)25(31)32)20-12-29-23-13-28-17(14-30(20)23)15-33-36(5,6)26(2,3)4/h7-14,16H,15H2,1-6H3,(H,31,32)/t16-/m1/s1. The van der Waals surface area contributed by atoms with Crippen LogP contribution >= 0.6 is 22.9 Å². The average Bonchev–Trinajstić information content (AvgIpc) is 3.41. The molecule has 1 atom stereocenters. The molecule has 0 bridgehead atoms. The number of aromatic carboxylic acids is 1. The van der Waals surface area contributed by atoms with Gasteiger partial charge in [0, 0.05) is 22.8 Å². The van der Waals surface area contributed by atoms with Crippen molar-refractivity contribution in [3.63, 3.8) is 0 Å². The summed E-state index contributed by atoms with van der Waals surface area (Å²) in [5.74, 6) is -0.757. The average molecular weight is 544 g/mol. The molecular formula is C26H30ClN3O4SSi. The summed E-state index contributed by atoms with van der Waals surface area (Å²) in [5.41, 5.74) is 2.99. The molecule has 36 heavy (non-hydrogen) atoms. The Morgan fingerprint density at radius 1 is 1.22 bits per heavy atom. The van der Waals surface area contributed by atoms with Gasteiger partial charge in [-0.15, -0.1) is 11.3 Å². The number of rotatable bonds is 8. The minimum atomic E-state index is -1.94. The highest BCUT2D eigenvalue weighted by atomic mass is 35.5. The number of aromatic nitrogens is 3. The first-order valence-electron chi connectivity index (χ1n) is 11.6. The van der Waals surface area contributed by atoms with E-state index in [0.29, 0.717) is 23.0 Å². The monoisotopic (exact) mass is 543 g/mol. The van der Waals surface area contributed by atoms with E-state index in [2.05, 4.69) is 43.8 Å². The van der Waals surface area contributed by atoms with E-state index in [1.54, 1.807) is 24.5 Å². The van der Waals surface area contributed by atoms with Gasteiger partial charge in [-0.3, -0.25) is 9.38 Å². The molecule has 1 N–H and O–H groups in total. The summed E-state index contributed by atoms with van der Waals surface area (Å²) < 4.78 is 14.3. The maximum absolute atomic E-state index is 12.0. The van der Waals surface area contributed by atoms with Gasteiger partial charge >= 0.3 is 5.97 Å². The van der Waals surface area contributed by atoms with Crippen molar-refractivity contribution < 1.29 is 19.1 Å². The van der Waals surface area contributed by atoms with Crippen molar-refractivity contribution in [2.45, 2.75) is 58.5 Å². The van der Waals surface area contributed by atoms with Crippen LogP contribution in [0.5, 0.6) is 5.75 Å². The van der Waals surface area contributed by atoms with Gasteiger partial charge in [0.2, 0.25) is 0 Å². The zero-order valence-electron chi connectivity index (χ0n) is 21.2. The molecule has 0 spiro atoms. The minimum absolute atomic E-state index is 0.0962. The van der Waals surface area contributed by atoms with Crippen LogP contribution in [-0.2, 0) is 11.0 Å². The molecule has 4 rings (SSSR count). The molecule has 1 aromatic carbocycles. The third kappa shape index (κ3) is 5.34. The Hall–Kier alpha value is -2.72. The molecule has 4 aromatic rings. The molecule has 3 heterocycles. The molecule has 0 aliphatic heterocycles. The second kappa shape index (κ2) is 9.97. The fourth-order valence-electron chi connectivity index (χ4n) is 3.45. The molecule has 10 heteroatoms. The summed E-state index contributed by atoms with van der Waals surface area (Å²) in [6.45, 7) is 13.3. The number of nitrogens with zero attached hydrogens (tertiary/aromatic N) is 3. The van der Waals surface area contributed by atoms with E-state index in [1.165, 1.54) is 0 Å². The van der Waals surface area contributed by atoms with Gasteiger partial charge in [-0.1, -0.05) is 50.6 Å². The van der Waals surface area contributed by atoms with Gasteiger partial charge in [-0.2, -0.15) is 0 Å². The van der Waals surface area contributed by atoms with E-state index in [9.17, 15) is 9.90 Å². The lowest BCUT2D eigenvalue weighted by Gasteiger charge is -2.36. The zero-order chi connectivity index (χ0) is 26.3. The summed E-state index contributed by atoms with van der Waals surface area (Å²) in [7, 11) is -1.94. The van der Waals surface area contributed by atoms with E-state index in [4.69, 9.17) is 20.8 Å². The number of thiophene rings is 1. The van der Waals surface area contributed by atoms with Crippen molar-refractivity contribution in [2.75, 3.05) is 0 Å². The molecule has 190 valence electrons. The van der Waals surface area contributed by atoms with Crippen LogP contribution in [0.4, 0.5) is 0 Å². The van der Waals surface area contributed by atoms with Crippen molar-refractivity contribution >= 4 is 42.9 Å². The van der Waals surface area contributed by atoms with E-state index in [0.717, 1.165) is 33.2 Å². The Kier molecular flexibility index (Phi) is 7.30. The summed E-state index contributed by atoms with van der Waals surface area (Å²) in [6, 6.07) is 9.11. The van der Waals surface area contributed by atoms with Gasteiger partial charge in [-0.25, -0.2) is 9.78 Å². The normalized spacial score (nSPS) is 13.2. The lowest BCUT2D eigenvalue weighted by Crippen LogP contribution is -2.40. The molecular weight excluding hydrogens is 514 g/mol. The van der Waals surface area contributed by atoms with Crippen LogP contribution in [0, 0.1) is 0 Å². The Labute approximate surface area is 220 Å². The molecule has 7 nitrogen and oxygen atoms in total. The number of carbonyl (C=O) groups is 1. The van der Waals surface area contributed by atoms with Crippen molar-refractivity contribution in [1.82, 2.24) is 14.4 Å². The molecule has 3 aromatic heterocycles. The Balaban J connectivity index is 1.65. The maximum Gasteiger partial charge on any atom is 0.349 e. The summed E-state index contributed by atoms with van der Waals surface area (Å²) in [4.78, 5) is 21.8. The number of fused-ring (bicyclic) bond motifs is 1. The maximum atomic E-state index is 12.0. The SMILES string of the molecule is C[C@@H](Oc1cc(-c2cnc3cnc(CO[Si](C)(C)C(C)(C)C)cn23)sc1C(=O)O)c1ccccc1Cl. The van der Waals surface area contributed by atoms with Crippen LogP contribution in [0.25, 0.3) is 16.2 Å². The molecule has 0 radical (unpaired) electrons. The second-order valence-corrected chi connectivity index (χ2v) is 16.5. The number of ether oxygens (including phenoxy) is 1. The number of halogens is 1. The number of hydrogen-bond acceptors (Lipinski definition) is 6. The van der Waals surface area contributed by atoms with E-state index in [-0.39, 0.29) is 9.92 Å². The third-order valence-electron chi connectivity index (χ3n) is 6.63. The lowest BCUT2D eigenvalue weighted by molar-refractivity contribution is 0.0696. The fourth-order valence-corrected chi connectivity index (χ4v) is 5.62. The number of imidazole rings is 1. The van der Waals surface area contributed by atoms with Crippen molar-refractivity contribution in [1.29, 1.82) is 0 Å². The fraction of sp³-hybridized carbons (Fsp3) is 0.346. The molecule has 0 aliphatic rings. The number of benzene rings is 1. The molecule has 0 saturated heterocycles. The Morgan fingerprint density at radius 2 is 1.94 bits per heavy atom. The summed E-state index contributed by atoms with van der Waals surface area (Å²) in [6.07, 6.45) is 4.90. The number of carboxylic acids is 1.